The van der Waals surface area contributed by atoms with Gasteiger partial charge in [-0.1, -0.05) is 6.42 Å². The molecule has 3 N–H and O–H groups in total. The average Bonchev–Trinajstić information content (AvgIpc) is 2.84. The normalized spacial score (nSPS) is 27.6. The summed E-state index contributed by atoms with van der Waals surface area (Å²) < 4.78 is 38.5. The molecule has 0 aromatic heterocycles. The first-order chi connectivity index (χ1) is 9.38. The predicted molar refractivity (Wildman–Crippen MR) is 71.7 cm³/mol. The summed E-state index contributed by atoms with van der Waals surface area (Å²) in [6.45, 7) is 3.28. The van der Waals surface area contributed by atoms with Crippen molar-refractivity contribution < 1.29 is 13.2 Å². The molecule has 0 saturated carbocycles. The highest BCUT2D eigenvalue weighted by Gasteiger charge is 2.43. The van der Waals surface area contributed by atoms with E-state index in [1.165, 1.54) is 19.3 Å². The number of nitrogens with one attached hydrogen (secondary N) is 1. The minimum atomic E-state index is -4.42. The number of alkyl halides is 3. The molecule has 0 aromatic carbocycles. The largest absolute Gasteiger partial charge is 0.399 e. The van der Waals surface area contributed by atoms with Gasteiger partial charge in [0.05, 0.1) is 0 Å². The quantitative estimate of drug-likeness (QED) is 0.612. The van der Waals surface area contributed by atoms with Crippen LogP contribution in [0, 0.1) is 11.3 Å². The number of nitrogens with two attached hydrogens (primary N) is 1. The molecule has 4 nitrogen and oxygen atoms in total. The van der Waals surface area contributed by atoms with Crippen LogP contribution in [0.5, 0.6) is 0 Å². The van der Waals surface area contributed by atoms with Gasteiger partial charge in [0.2, 0.25) is 0 Å². The van der Waals surface area contributed by atoms with E-state index < -0.39 is 17.9 Å². The summed E-state index contributed by atoms with van der Waals surface area (Å²) in [6.07, 6.45) is 0.134. The van der Waals surface area contributed by atoms with Gasteiger partial charge in [0.1, 0.15) is 11.8 Å². The Kier molecular flexibility index (Phi) is 4.90. The summed E-state index contributed by atoms with van der Waals surface area (Å²) >= 11 is 0. The number of halogens is 3. The number of likely N-dealkylation sites (tertiary alicyclic amines) is 2. The molecule has 2 heterocycles. The second kappa shape index (κ2) is 6.30. The highest BCUT2D eigenvalue weighted by molar-refractivity contribution is 5.80. The highest BCUT2D eigenvalue weighted by atomic mass is 19.4. The van der Waals surface area contributed by atoms with Crippen molar-refractivity contribution in [3.05, 3.63) is 0 Å². The Balaban J connectivity index is 1.87. The summed E-state index contributed by atoms with van der Waals surface area (Å²) in [5, 5.41) is 7.14. The molecule has 0 aromatic rings. The third kappa shape index (κ3) is 3.85. The Morgan fingerprint density at radius 2 is 1.85 bits per heavy atom. The van der Waals surface area contributed by atoms with E-state index in [1.807, 2.05) is 0 Å². The van der Waals surface area contributed by atoms with E-state index in [-0.39, 0.29) is 6.54 Å². The van der Waals surface area contributed by atoms with Crippen LogP contribution >= 0.6 is 0 Å². The molecule has 0 bridgehead atoms. The molecule has 0 radical (unpaired) electrons. The van der Waals surface area contributed by atoms with Gasteiger partial charge in [0.15, 0.2) is 0 Å². The predicted octanol–water partition coefficient (Wildman–Crippen LogP) is 1.66. The molecule has 2 saturated heterocycles. The zero-order valence-electron chi connectivity index (χ0n) is 11.6. The van der Waals surface area contributed by atoms with E-state index in [9.17, 15) is 13.2 Å². The van der Waals surface area contributed by atoms with Crippen molar-refractivity contribution in [2.45, 2.75) is 37.9 Å². The van der Waals surface area contributed by atoms with Gasteiger partial charge in [-0.3, -0.25) is 10.3 Å². The molecule has 2 aliphatic heterocycles. The number of hydrogen-bond acceptors (Lipinski definition) is 3. The molecule has 0 amide bonds. The minimum absolute atomic E-state index is 0.177. The van der Waals surface area contributed by atoms with Crippen LogP contribution in [0.1, 0.15) is 25.7 Å². The number of nitrogens with zero attached hydrogens (tertiary/aromatic N) is 2. The molecule has 2 aliphatic rings. The van der Waals surface area contributed by atoms with E-state index in [0.29, 0.717) is 19.1 Å². The van der Waals surface area contributed by atoms with Crippen LogP contribution in [-0.4, -0.2) is 60.6 Å². The smallest absolute Gasteiger partial charge is 0.387 e. The summed E-state index contributed by atoms with van der Waals surface area (Å²) in [7, 11) is 0. The topological polar surface area (TPSA) is 56.4 Å². The van der Waals surface area contributed by atoms with E-state index in [2.05, 4.69) is 4.90 Å². The standard InChI is InChI=1S/C13H23F3N4/c14-13(15,16)11(12(17)18)9-19-7-4-10(8-19)20-5-2-1-3-6-20/h10-11H,1-9H2,(H3,17,18). The first-order valence-electron chi connectivity index (χ1n) is 7.25. The van der Waals surface area contributed by atoms with Crippen LogP contribution in [0.4, 0.5) is 13.2 Å². The molecular formula is C13H23F3N4. The van der Waals surface area contributed by atoms with Gasteiger partial charge in [-0.05, 0) is 38.9 Å². The molecular weight excluding hydrogens is 269 g/mol. The Morgan fingerprint density at radius 3 is 2.40 bits per heavy atom. The van der Waals surface area contributed by atoms with Gasteiger partial charge in [-0.15, -0.1) is 0 Å². The lowest BCUT2D eigenvalue weighted by atomic mass is 10.1. The first kappa shape index (κ1) is 15.6. The molecule has 116 valence electrons. The number of hydrogen-bond donors (Lipinski definition) is 2. The zero-order chi connectivity index (χ0) is 14.8. The fraction of sp³-hybridized carbons (Fsp3) is 0.923. The van der Waals surface area contributed by atoms with Crippen LogP contribution < -0.4 is 5.73 Å². The number of rotatable bonds is 4. The van der Waals surface area contributed by atoms with Crippen LogP contribution in [0.15, 0.2) is 0 Å². The lowest BCUT2D eigenvalue weighted by Gasteiger charge is -2.32. The van der Waals surface area contributed by atoms with E-state index in [1.54, 1.807) is 4.90 Å². The third-order valence-corrected chi connectivity index (χ3v) is 4.37. The molecule has 0 aliphatic carbocycles. The lowest BCUT2D eigenvalue weighted by Crippen LogP contribution is -2.45. The van der Waals surface area contributed by atoms with Crippen molar-refractivity contribution in [3.63, 3.8) is 0 Å². The Hall–Kier alpha value is -0.820. The second-order valence-corrected chi connectivity index (χ2v) is 5.85. The summed E-state index contributed by atoms with van der Waals surface area (Å²) in [5.41, 5.74) is 5.10. The van der Waals surface area contributed by atoms with Crippen molar-refractivity contribution in [2.24, 2.45) is 11.7 Å². The van der Waals surface area contributed by atoms with E-state index in [0.717, 1.165) is 19.5 Å². The van der Waals surface area contributed by atoms with Gasteiger partial charge >= 0.3 is 6.18 Å². The monoisotopic (exact) mass is 292 g/mol. The molecule has 7 heteroatoms. The van der Waals surface area contributed by atoms with Crippen molar-refractivity contribution in [3.8, 4) is 0 Å². The summed E-state index contributed by atoms with van der Waals surface area (Å²) in [5.74, 6) is -2.61. The average molecular weight is 292 g/mol. The van der Waals surface area contributed by atoms with Crippen molar-refractivity contribution in [1.82, 2.24) is 9.80 Å². The fourth-order valence-corrected chi connectivity index (χ4v) is 3.20. The first-order valence-corrected chi connectivity index (χ1v) is 7.25. The van der Waals surface area contributed by atoms with Crippen molar-refractivity contribution in [1.29, 1.82) is 5.41 Å². The minimum Gasteiger partial charge on any atom is -0.387 e. The van der Waals surface area contributed by atoms with Crippen LogP contribution in [0.3, 0.4) is 0 Å². The van der Waals surface area contributed by atoms with Gasteiger partial charge in [0.25, 0.3) is 0 Å². The van der Waals surface area contributed by atoms with Gasteiger partial charge in [-0.25, -0.2) is 0 Å². The maximum absolute atomic E-state index is 12.8. The molecule has 20 heavy (non-hydrogen) atoms. The van der Waals surface area contributed by atoms with E-state index in [4.69, 9.17) is 11.1 Å². The fourth-order valence-electron chi connectivity index (χ4n) is 3.20. The van der Waals surface area contributed by atoms with Crippen LogP contribution in [0.2, 0.25) is 0 Å². The van der Waals surface area contributed by atoms with E-state index >= 15 is 0 Å². The third-order valence-electron chi connectivity index (χ3n) is 4.37. The number of amidine groups is 1. The van der Waals surface area contributed by atoms with Crippen molar-refractivity contribution in [2.75, 3.05) is 32.7 Å². The summed E-state index contributed by atoms with van der Waals surface area (Å²) in [6, 6.07) is 0.371. The second-order valence-electron chi connectivity index (χ2n) is 5.85. The SMILES string of the molecule is N=C(N)C(CN1CCC(N2CCCCC2)C1)C(F)(F)F. The molecule has 0 spiro atoms. The maximum Gasteiger partial charge on any atom is 0.399 e. The van der Waals surface area contributed by atoms with Crippen molar-refractivity contribution >= 4 is 5.84 Å². The lowest BCUT2D eigenvalue weighted by molar-refractivity contribution is -0.159. The molecule has 2 atom stereocenters. The van der Waals surface area contributed by atoms with Crippen LogP contribution in [-0.2, 0) is 0 Å². The zero-order valence-corrected chi connectivity index (χ0v) is 11.6. The van der Waals surface area contributed by atoms with Gasteiger partial charge in [-0.2, -0.15) is 13.2 Å². The molecule has 2 unspecified atom stereocenters. The van der Waals surface area contributed by atoms with Crippen LogP contribution in [0.25, 0.3) is 0 Å². The van der Waals surface area contributed by atoms with Gasteiger partial charge < -0.3 is 10.6 Å². The Morgan fingerprint density at radius 1 is 1.20 bits per heavy atom. The number of piperidine rings is 1. The summed E-state index contributed by atoms with van der Waals surface area (Å²) in [4.78, 5) is 4.21. The molecule has 2 fully saturated rings. The Bertz CT molecular complexity index is 339. The Labute approximate surface area is 117 Å². The highest BCUT2D eigenvalue weighted by Crippen LogP contribution is 2.29. The maximum atomic E-state index is 12.8. The molecule has 2 rings (SSSR count). The van der Waals surface area contributed by atoms with Gasteiger partial charge in [0, 0.05) is 19.1 Å².